The Morgan fingerprint density at radius 3 is 2.59 bits per heavy atom. The molecule has 96 valence electrons. The Hall–Kier alpha value is -0.340. The van der Waals surface area contributed by atoms with Gasteiger partial charge in [-0.1, -0.05) is 55.3 Å². The van der Waals surface area contributed by atoms with Gasteiger partial charge in [0.05, 0.1) is 0 Å². The molecule has 1 nitrogen and oxygen atoms in total. The van der Waals surface area contributed by atoms with Crippen LogP contribution in [0.3, 0.4) is 0 Å². The molecule has 0 fully saturated rings. The Morgan fingerprint density at radius 1 is 1.29 bits per heavy atom. The molecule has 0 aromatic heterocycles. The molecule has 0 saturated heterocycles. The molecule has 0 bridgehead atoms. The monoisotopic (exact) mass is 297 g/mol. The van der Waals surface area contributed by atoms with Gasteiger partial charge in [-0.2, -0.15) is 0 Å². The Kier molecular flexibility index (Phi) is 6.21. The number of hydrogen-bond acceptors (Lipinski definition) is 1. The van der Waals surface area contributed by atoms with Gasteiger partial charge in [0.2, 0.25) is 0 Å². The summed E-state index contributed by atoms with van der Waals surface area (Å²) in [6.45, 7) is 10.1. The van der Waals surface area contributed by atoms with E-state index in [-0.39, 0.29) is 0 Å². The molecule has 17 heavy (non-hydrogen) atoms. The lowest BCUT2D eigenvalue weighted by Crippen LogP contribution is -2.28. The molecule has 1 rings (SSSR count). The van der Waals surface area contributed by atoms with Crippen LogP contribution in [0.2, 0.25) is 0 Å². The minimum absolute atomic E-state index is 0.470. The summed E-state index contributed by atoms with van der Waals surface area (Å²) < 4.78 is 1.21. The van der Waals surface area contributed by atoms with E-state index in [1.165, 1.54) is 28.4 Å². The van der Waals surface area contributed by atoms with Crippen molar-refractivity contribution in [1.82, 2.24) is 5.32 Å². The predicted octanol–water partition coefficient (Wildman–Crippen LogP) is 4.84. The molecule has 0 heterocycles. The van der Waals surface area contributed by atoms with Gasteiger partial charge in [0, 0.05) is 10.5 Å². The zero-order valence-corrected chi connectivity index (χ0v) is 13.0. The highest BCUT2D eigenvalue weighted by Crippen LogP contribution is 2.30. The quantitative estimate of drug-likeness (QED) is 0.792. The van der Waals surface area contributed by atoms with Crippen molar-refractivity contribution in [2.75, 3.05) is 6.54 Å². The topological polar surface area (TPSA) is 12.0 Å². The summed E-state index contributed by atoms with van der Waals surface area (Å²) in [4.78, 5) is 0. The van der Waals surface area contributed by atoms with Crippen molar-refractivity contribution < 1.29 is 0 Å². The van der Waals surface area contributed by atoms with Crippen LogP contribution in [-0.4, -0.2) is 6.54 Å². The first-order valence-corrected chi connectivity index (χ1v) is 7.39. The summed E-state index contributed by atoms with van der Waals surface area (Å²) in [7, 11) is 0. The van der Waals surface area contributed by atoms with Gasteiger partial charge in [0.15, 0.2) is 0 Å². The standard InChI is InChI=1S/C15H24BrN/c1-5-10-17-15(11(3)6-2)13-8-7-9-14(16)12(13)4/h7-9,11,15,17H,5-6,10H2,1-4H3. The van der Waals surface area contributed by atoms with Crippen molar-refractivity contribution in [2.45, 2.75) is 46.6 Å². The predicted molar refractivity (Wildman–Crippen MR) is 79.4 cm³/mol. The molecule has 0 saturated carbocycles. The van der Waals surface area contributed by atoms with Crippen molar-refractivity contribution in [1.29, 1.82) is 0 Å². The maximum Gasteiger partial charge on any atom is 0.0348 e. The molecule has 1 N–H and O–H groups in total. The third-order valence-corrected chi connectivity index (χ3v) is 4.33. The van der Waals surface area contributed by atoms with Crippen molar-refractivity contribution >= 4 is 15.9 Å². The Labute approximate surface area is 114 Å². The van der Waals surface area contributed by atoms with Crippen molar-refractivity contribution in [3.05, 3.63) is 33.8 Å². The van der Waals surface area contributed by atoms with E-state index >= 15 is 0 Å². The second-order valence-electron chi connectivity index (χ2n) is 4.77. The van der Waals surface area contributed by atoms with E-state index in [0.717, 1.165) is 6.54 Å². The highest BCUT2D eigenvalue weighted by molar-refractivity contribution is 9.10. The van der Waals surface area contributed by atoms with Crippen molar-refractivity contribution in [3.8, 4) is 0 Å². The van der Waals surface area contributed by atoms with Gasteiger partial charge in [-0.15, -0.1) is 0 Å². The Bertz CT molecular complexity index is 349. The van der Waals surface area contributed by atoms with E-state index in [1.807, 2.05) is 0 Å². The first-order valence-electron chi connectivity index (χ1n) is 6.60. The summed E-state index contributed by atoms with van der Waals surface area (Å²) in [5.41, 5.74) is 2.79. The summed E-state index contributed by atoms with van der Waals surface area (Å²) in [5, 5.41) is 3.68. The molecule has 0 aliphatic rings. The van der Waals surface area contributed by atoms with Crippen molar-refractivity contribution in [3.63, 3.8) is 0 Å². The van der Waals surface area contributed by atoms with E-state index in [2.05, 4.69) is 67.1 Å². The first kappa shape index (κ1) is 14.7. The van der Waals surface area contributed by atoms with E-state index in [9.17, 15) is 0 Å². The van der Waals surface area contributed by atoms with E-state index in [4.69, 9.17) is 0 Å². The van der Waals surface area contributed by atoms with Gasteiger partial charge >= 0.3 is 0 Å². The largest absolute Gasteiger partial charge is 0.310 e. The van der Waals surface area contributed by atoms with Crippen LogP contribution >= 0.6 is 15.9 Å². The van der Waals surface area contributed by atoms with Crippen LogP contribution in [0.25, 0.3) is 0 Å². The average Bonchev–Trinajstić information content (AvgIpc) is 2.34. The first-order chi connectivity index (χ1) is 8.11. The molecule has 1 aromatic rings. The maximum atomic E-state index is 3.68. The number of benzene rings is 1. The van der Waals surface area contributed by atoms with Gasteiger partial charge in [-0.3, -0.25) is 0 Å². The lowest BCUT2D eigenvalue weighted by Gasteiger charge is -2.26. The molecule has 2 atom stereocenters. The number of nitrogens with one attached hydrogen (secondary N) is 1. The highest BCUT2D eigenvalue weighted by atomic mass is 79.9. The molecule has 0 spiro atoms. The molecule has 0 amide bonds. The Balaban J connectivity index is 2.99. The summed E-state index contributed by atoms with van der Waals surface area (Å²) in [6.07, 6.45) is 2.38. The van der Waals surface area contributed by atoms with E-state index < -0.39 is 0 Å². The molecule has 0 aliphatic carbocycles. The van der Waals surface area contributed by atoms with Crippen LogP contribution in [-0.2, 0) is 0 Å². The zero-order chi connectivity index (χ0) is 12.8. The number of halogens is 1. The van der Waals surface area contributed by atoms with Crippen LogP contribution < -0.4 is 5.32 Å². The molecular formula is C15H24BrN. The number of hydrogen-bond donors (Lipinski definition) is 1. The second-order valence-corrected chi connectivity index (χ2v) is 5.63. The molecular weight excluding hydrogens is 274 g/mol. The van der Waals surface area contributed by atoms with Crippen LogP contribution in [0, 0.1) is 12.8 Å². The third-order valence-electron chi connectivity index (χ3n) is 3.47. The van der Waals surface area contributed by atoms with Gasteiger partial charge in [-0.25, -0.2) is 0 Å². The molecule has 0 aliphatic heterocycles. The smallest absolute Gasteiger partial charge is 0.0348 e. The van der Waals surface area contributed by atoms with E-state index in [0.29, 0.717) is 12.0 Å². The third kappa shape index (κ3) is 3.82. The van der Waals surface area contributed by atoms with Crippen LogP contribution in [0.15, 0.2) is 22.7 Å². The average molecular weight is 298 g/mol. The molecule has 0 radical (unpaired) electrons. The van der Waals surface area contributed by atoms with Gasteiger partial charge in [0.25, 0.3) is 0 Å². The zero-order valence-electron chi connectivity index (χ0n) is 11.4. The molecule has 2 unspecified atom stereocenters. The second kappa shape index (κ2) is 7.17. The summed E-state index contributed by atoms with van der Waals surface area (Å²) in [6, 6.07) is 6.97. The molecule has 2 heteroatoms. The lowest BCUT2D eigenvalue weighted by molar-refractivity contribution is 0.376. The van der Waals surface area contributed by atoms with Gasteiger partial charge in [0.1, 0.15) is 0 Å². The van der Waals surface area contributed by atoms with E-state index in [1.54, 1.807) is 0 Å². The minimum atomic E-state index is 0.470. The maximum absolute atomic E-state index is 3.68. The summed E-state index contributed by atoms with van der Waals surface area (Å²) >= 11 is 3.63. The van der Waals surface area contributed by atoms with Gasteiger partial charge < -0.3 is 5.32 Å². The SMILES string of the molecule is CCCNC(c1cccc(Br)c1C)C(C)CC. The lowest BCUT2D eigenvalue weighted by atomic mass is 9.90. The number of rotatable bonds is 6. The fourth-order valence-electron chi connectivity index (χ4n) is 2.11. The van der Waals surface area contributed by atoms with Crippen molar-refractivity contribution in [2.24, 2.45) is 5.92 Å². The minimum Gasteiger partial charge on any atom is -0.310 e. The van der Waals surface area contributed by atoms with Crippen LogP contribution in [0.1, 0.15) is 50.8 Å². The fourth-order valence-corrected chi connectivity index (χ4v) is 2.50. The van der Waals surface area contributed by atoms with Gasteiger partial charge in [-0.05, 0) is 43.0 Å². The van der Waals surface area contributed by atoms with Crippen LogP contribution in [0.5, 0.6) is 0 Å². The summed E-state index contributed by atoms with van der Waals surface area (Å²) in [5.74, 6) is 0.662. The normalized spacial score (nSPS) is 14.6. The van der Waals surface area contributed by atoms with Crippen LogP contribution in [0.4, 0.5) is 0 Å². The fraction of sp³-hybridized carbons (Fsp3) is 0.600. The Morgan fingerprint density at radius 2 is 2.00 bits per heavy atom. The molecule has 1 aromatic carbocycles. The highest BCUT2D eigenvalue weighted by Gasteiger charge is 2.19.